The topological polar surface area (TPSA) is 76.0 Å². The minimum Gasteiger partial charge on any atom is -0.394 e. The molecule has 4 rings (SSSR count). The average Bonchev–Trinajstić information content (AvgIpc) is 3.00. The number of nitrogens with zero attached hydrogens (tertiary/aromatic N) is 3. The van der Waals surface area contributed by atoms with Crippen molar-refractivity contribution >= 4 is 28.6 Å². The van der Waals surface area contributed by atoms with Crippen LogP contribution < -0.4 is 5.35 Å². The fourth-order valence-electron chi connectivity index (χ4n) is 3.97. The van der Waals surface area contributed by atoms with E-state index in [0.29, 0.717) is 0 Å². The van der Waals surface area contributed by atoms with Crippen molar-refractivity contribution in [2.75, 3.05) is 6.61 Å². The van der Waals surface area contributed by atoms with Crippen molar-refractivity contribution in [2.24, 2.45) is 11.3 Å². The number of H-pyrrole nitrogens is 1. The van der Waals surface area contributed by atoms with Gasteiger partial charge in [0, 0.05) is 43.4 Å². The zero-order chi connectivity index (χ0) is 17.9. The van der Waals surface area contributed by atoms with Gasteiger partial charge in [-0.15, -0.1) is 0 Å². The molecule has 0 spiro atoms. The minimum absolute atomic E-state index is 0. The van der Waals surface area contributed by atoms with Crippen molar-refractivity contribution in [2.45, 2.75) is 40.0 Å². The molecule has 0 bridgehead atoms. The number of hydrogen-bond donors (Lipinski definition) is 2. The summed E-state index contributed by atoms with van der Waals surface area (Å²) in [5, 5.41) is 12.5. The first-order chi connectivity index (χ1) is 11.8. The van der Waals surface area contributed by atoms with Crippen molar-refractivity contribution in [3.63, 3.8) is 0 Å². The van der Waals surface area contributed by atoms with E-state index in [1.165, 1.54) is 0 Å². The summed E-state index contributed by atoms with van der Waals surface area (Å²) in [6.45, 7) is 12.6. The summed E-state index contributed by atoms with van der Waals surface area (Å²) in [6.07, 6.45) is 3.28. The molecule has 0 aliphatic carbocycles. The quantitative estimate of drug-likeness (QED) is 0.541. The second-order valence-electron chi connectivity index (χ2n) is 7.67. The Morgan fingerprint density at radius 2 is 2.12 bits per heavy atom. The zero-order valence-electron chi connectivity index (χ0n) is 15.5. The normalized spacial score (nSPS) is 24.9. The Kier molecular flexibility index (Phi) is 4.89. The average molecular weight is 524 g/mol. The van der Waals surface area contributed by atoms with E-state index in [1.807, 2.05) is 6.07 Å². The van der Waals surface area contributed by atoms with Gasteiger partial charge >= 0.3 is 0 Å². The number of rotatable bonds is 2. The van der Waals surface area contributed by atoms with Crippen molar-refractivity contribution in [3.8, 4) is 0 Å². The van der Waals surface area contributed by atoms with Crippen molar-refractivity contribution in [1.82, 2.24) is 19.5 Å². The van der Waals surface area contributed by atoms with Crippen LogP contribution >= 0.6 is 0 Å². The maximum atomic E-state index is 9.67. The van der Waals surface area contributed by atoms with Crippen LogP contribution in [0, 0.1) is 18.3 Å². The Balaban J connectivity index is 0.00000196. The molecular formula is C19H24N4O2W. The maximum absolute atomic E-state index is 9.67. The van der Waals surface area contributed by atoms with E-state index < -0.39 is 0 Å². The summed E-state index contributed by atoms with van der Waals surface area (Å²) in [5.41, 5.74) is 2.57. The van der Waals surface area contributed by atoms with Crippen LogP contribution in [0.5, 0.6) is 0 Å². The Bertz CT molecular complexity index is 1020. The molecule has 2 unspecified atom stereocenters. The summed E-state index contributed by atoms with van der Waals surface area (Å²) in [4.78, 5) is 12.2. The Morgan fingerprint density at radius 1 is 1.38 bits per heavy atom. The van der Waals surface area contributed by atoms with Gasteiger partial charge in [-0.3, -0.25) is 0 Å². The van der Waals surface area contributed by atoms with Crippen LogP contribution in [0.1, 0.15) is 32.6 Å². The molecule has 2 N–H and O–H groups in total. The van der Waals surface area contributed by atoms with Crippen LogP contribution in [-0.2, 0) is 25.8 Å². The number of aliphatic hydroxyl groups is 1. The SMILES string of the molecule is C=c1cc(C)c2cn(C3OC(CO)[C@H](C)C3(C)C)c3ncnc([nH]1)c23.[W]. The zero-order valence-corrected chi connectivity index (χ0v) is 18.4. The molecule has 0 radical (unpaired) electrons. The van der Waals surface area contributed by atoms with Crippen molar-refractivity contribution in [3.05, 3.63) is 29.5 Å². The van der Waals surface area contributed by atoms with Crippen LogP contribution in [-0.4, -0.2) is 37.3 Å². The second kappa shape index (κ2) is 6.59. The van der Waals surface area contributed by atoms with E-state index in [0.717, 1.165) is 33.0 Å². The van der Waals surface area contributed by atoms with Crippen LogP contribution in [0.2, 0.25) is 0 Å². The molecule has 1 saturated heterocycles. The first-order valence-electron chi connectivity index (χ1n) is 8.61. The molecule has 1 fully saturated rings. The molecule has 3 aromatic heterocycles. The van der Waals surface area contributed by atoms with Crippen LogP contribution in [0.25, 0.3) is 28.6 Å². The predicted octanol–water partition coefficient (Wildman–Crippen LogP) is 2.46. The third kappa shape index (κ3) is 2.66. The van der Waals surface area contributed by atoms with E-state index in [1.54, 1.807) is 6.33 Å². The van der Waals surface area contributed by atoms with Crippen LogP contribution in [0.3, 0.4) is 0 Å². The number of aromatic amines is 1. The molecule has 1 aliphatic rings. The Labute approximate surface area is 166 Å². The number of hydrogen-bond acceptors (Lipinski definition) is 4. The standard InChI is InChI=1S/C19H24N4O2.W/c1-10-6-11(2)22-16-15-13(10)7-23(17(15)21-9-20-16)18-19(4,5)12(3)14(8-24)25-18;/h6-7,9,12,14,18,24H,2,8H2,1,3-5H3,(H,20,21,22);/t12-,14?,18?;/m0./s1. The van der Waals surface area contributed by atoms with Gasteiger partial charge in [0.1, 0.15) is 23.8 Å². The van der Waals surface area contributed by atoms with E-state index in [-0.39, 0.29) is 51.3 Å². The minimum atomic E-state index is -0.200. The summed E-state index contributed by atoms with van der Waals surface area (Å²) in [7, 11) is 0. The monoisotopic (exact) mass is 524 g/mol. The van der Waals surface area contributed by atoms with Gasteiger partial charge in [-0.1, -0.05) is 27.4 Å². The van der Waals surface area contributed by atoms with E-state index in [4.69, 9.17) is 4.74 Å². The van der Waals surface area contributed by atoms with Crippen LogP contribution in [0.4, 0.5) is 0 Å². The largest absolute Gasteiger partial charge is 0.394 e. The molecule has 26 heavy (non-hydrogen) atoms. The molecule has 0 aromatic carbocycles. The first kappa shape index (κ1) is 19.3. The smallest absolute Gasteiger partial charge is 0.148 e. The molecule has 7 heteroatoms. The van der Waals surface area contributed by atoms with Gasteiger partial charge in [0.2, 0.25) is 0 Å². The summed E-state index contributed by atoms with van der Waals surface area (Å²) in [6, 6.07) is 2.01. The fourth-order valence-corrected chi connectivity index (χ4v) is 3.97. The summed E-state index contributed by atoms with van der Waals surface area (Å²) in [5.74, 6) is 0.229. The molecule has 6 nitrogen and oxygen atoms in total. The molecule has 4 heterocycles. The Hall–Kier alpha value is -1.49. The third-order valence-electron chi connectivity index (χ3n) is 5.81. The van der Waals surface area contributed by atoms with Gasteiger partial charge in [0.25, 0.3) is 0 Å². The number of ether oxygens (including phenoxy) is 1. The second-order valence-corrected chi connectivity index (χ2v) is 7.67. The van der Waals surface area contributed by atoms with Gasteiger partial charge in [0.15, 0.2) is 0 Å². The van der Waals surface area contributed by atoms with Crippen molar-refractivity contribution < 1.29 is 30.9 Å². The number of aliphatic hydroxyl groups excluding tert-OH is 1. The number of aryl methyl sites for hydroxylation is 1. The number of aromatic nitrogens is 4. The molecule has 138 valence electrons. The molecule has 0 saturated carbocycles. The van der Waals surface area contributed by atoms with Gasteiger partial charge in [-0.05, 0) is 24.5 Å². The van der Waals surface area contributed by atoms with Crippen molar-refractivity contribution in [1.29, 1.82) is 0 Å². The van der Waals surface area contributed by atoms with E-state index >= 15 is 0 Å². The van der Waals surface area contributed by atoms with Gasteiger partial charge in [-0.25, -0.2) is 9.97 Å². The molecule has 3 atom stereocenters. The maximum Gasteiger partial charge on any atom is 0.148 e. The molecule has 1 aliphatic heterocycles. The molecule has 3 aromatic rings. The first-order valence-corrected chi connectivity index (χ1v) is 8.61. The van der Waals surface area contributed by atoms with E-state index in [2.05, 4.69) is 60.0 Å². The van der Waals surface area contributed by atoms with Gasteiger partial charge < -0.3 is 19.4 Å². The number of nitrogens with one attached hydrogen (secondary N) is 1. The molecule has 0 amide bonds. The van der Waals surface area contributed by atoms with Crippen LogP contribution in [0.15, 0.2) is 18.6 Å². The van der Waals surface area contributed by atoms with Gasteiger partial charge in [0.05, 0.1) is 18.1 Å². The predicted molar refractivity (Wildman–Crippen MR) is 97.6 cm³/mol. The fraction of sp³-hybridized carbons (Fsp3) is 0.474. The van der Waals surface area contributed by atoms with Gasteiger partial charge in [-0.2, -0.15) is 0 Å². The van der Waals surface area contributed by atoms with E-state index in [9.17, 15) is 5.11 Å². The third-order valence-corrected chi connectivity index (χ3v) is 5.81. The molecular weight excluding hydrogens is 500 g/mol. The summed E-state index contributed by atoms with van der Waals surface area (Å²) >= 11 is 0. The Morgan fingerprint density at radius 3 is 2.77 bits per heavy atom. The summed E-state index contributed by atoms with van der Waals surface area (Å²) < 4.78 is 8.33.